The second kappa shape index (κ2) is 7.84. The first-order chi connectivity index (χ1) is 10.2. The summed E-state index contributed by atoms with van der Waals surface area (Å²) in [6, 6.07) is 8.08. The summed E-state index contributed by atoms with van der Waals surface area (Å²) in [6.45, 7) is 7.93. The molecule has 1 heterocycles. The van der Waals surface area contributed by atoms with Gasteiger partial charge in [0.2, 0.25) is 5.89 Å². The van der Waals surface area contributed by atoms with E-state index in [1.807, 2.05) is 31.2 Å². The highest BCUT2D eigenvalue weighted by Crippen LogP contribution is 2.25. The van der Waals surface area contributed by atoms with Crippen molar-refractivity contribution >= 4 is 0 Å². The van der Waals surface area contributed by atoms with Gasteiger partial charge in [-0.15, -0.1) is 0 Å². The largest absolute Gasteiger partial charge is 0.494 e. The SMILES string of the molecule is CCCCOc1ccc(-c2cnc(C(C)NCC)o2)cc1. The molecule has 0 aliphatic carbocycles. The number of rotatable bonds is 8. The Hall–Kier alpha value is -1.81. The van der Waals surface area contributed by atoms with Crippen molar-refractivity contribution in [3.8, 4) is 17.1 Å². The third-order valence-electron chi connectivity index (χ3n) is 3.31. The minimum Gasteiger partial charge on any atom is -0.494 e. The van der Waals surface area contributed by atoms with Crippen LogP contribution in [0.5, 0.6) is 5.75 Å². The second-order valence-corrected chi connectivity index (χ2v) is 5.07. The zero-order chi connectivity index (χ0) is 15.1. The van der Waals surface area contributed by atoms with Gasteiger partial charge in [-0.25, -0.2) is 4.98 Å². The van der Waals surface area contributed by atoms with Crippen LogP contribution < -0.4 is 10.1 Å². The standard InChI is InChI=1S/C17H24N2O2/c1-4-6-11-20-15-9-7-14(8-10-15)16-12-19-17(21-16)13(3)18-5-2/h7-10,12-13,18H,4-6,11H2,1-3H3. The highest BCUT2D eigenvalue weighted by molar-refractivity contribution is 5.57. The summed E-state index contributed by atoms with van der Waals surface area (Å²) in [4.78, 5) is 4.33. The van der Waals surface area contributed by atoms with Gasteiger partial charge in [0, 0.05) is 5.56 Å². The lowest BCUT2D eigenvalue weighted by Crippen LogP contribution is -2.17. The lowest BCUT2D eigenvalue weighted by Gasteiger charge is -2.07. The minimum atomic E-state index is 0.125. The van der Waals surface area contributed by atoms with Crippen LogP contribution >= 0.6 is 0 Å². The molecule has 4 nitrogen and oxygen atoms in total. The van der Waals surface area contributed by atoms with E-state index >= 15 is 0 Å². The Labute approximate surface area is 126 Å². The van der Waals surface area contributed by atoms with Gasteiger partial charge >= 0.3 is 0 Å². The summed E-state index contributed by atoms with van der Waals surface area (Å²) in [5.41, 5.74) is 1.01. The van der Waals surface area contributed by atoms with E-state index in [1.165, 1.54) is 0 Å². The predicted octanol–water partition coefficient (Wildman–Crippen LogP) is 4.19. The number of benzene rings is 1. The van der Waals surface area contributed by atoms with Crippen molar-refractivity contribution < 1.29 is 9.15 Å². The van der Waals surface area contributed by atoms with Crippen molar-refractivity contribution in [3.63, 3.8) is 0 Å². The first kappa shape index (κ1) is 15.6. The Balaban J connectivity index is 2.01. The number of unbranched alkanes of at least 4 members (excludes halogenated alkanes) is 1. The molecule has 0 amide bonds. The summed E-state index contributed by atoms with van der Waals surface area (Å²) in [5.74, 6) is 2.40. The fourth-order valence-electron chi connectivity index (χ4n) is 2.06. The Kier molecular flexibility index (Phi) is 5.81. The van der Waals surface area contributed by atoms with Gasteiger partial charge in [0.15, 0.2) is 5.76 Å². The molecule has 0 spiro atoms. The molecule has 1 N–H and O–H groups in total. The topological polar surface area (TPSA) is 47.3 Å². The highest BCUT2D eigenvalue weighted by Gasteiger charge is 2.12. The molecule has 21 heavy (non-hydrogen) atoms. The number of ether oxygens (including phenoxy) is 1. The summed E-state index contributed by atoms with van der Waals surface area (Å²) in [5, 5.41) is 3.29. The average Bonchev–Trinajstić information content (AvgIpc) is 2.98. The van der Waals surface area contributed by atoms with Crippen LogP contribution in [0, 0.1) is 0 Å². The molecule has 1 aromatic heterocycles. The second-order valence-electron chi connectivity index (χ2n) is 5.07. The van der Waals surface area contributed by atoms with Crippen LogP contribution in [0.2, 0.25) is 0 Å². The summed E-state index contributed by atoms with van der Waals surface area (Å²) in [6.07, 6.45) is 3.99. The van der Waals surface area contributed by atoms with Crippen molar-refractivity contribution in [1.82, 2.24) is 10.3 Å². The quantitative estimate of drug-likeness (QED) is 0.740. The van der Waals surface area contributed by atoms with Crippen LogP contribution in [-0.2, 0) is 0 Å². The molecule has 0 aliphatic heterocycles. The van der Waals surface area contributed by atoms with Crippen LogP contribution in [0.4, 0.5) is 0 Å². The Morgan fingerprint density at radius 3 is 2.67 bits per heavy atom. The number of hydrogen-bond donors (Lipinski definition) is 1. The highest BCUT2D eigenvalue weighted by atomic mass is 16.5. The number of nitrogens with zero attached hydrogens (tertiary/aromatic N) is 1. The fraction of sp³-hybridized carbons (Fsp3) is 0.471. The summed E-state index contributed by atoms with van der Waals surface area (Å²) in [7, 11) is 0. The van der Waals surface area contributed by atoms with Gasteiger partial charge in [-0.05, 0) is 44.2 Å². The van der Waals surface area contributed by atoms with E-state index < -0.39 is 0 Å². The van der Waals surface area contributed by atoms with Crippen molar-refractivity contribution in [2.75, 3.05) is 13.2 Å². The third kappa shape index (κ3) is 4.33. The number of nitrogens with one attached hydrogen (secondary N) is 1. The van der Waals surface area contributed by atoms with Gasteiger partial charge in [-0.3, -0.25) is 0 Å². The molecule has 1 aromatic carbocycles. The molecule has 0 fully saturated rings. The first-order valence-corrected chi connectivity index (χ1v) is 7.67. The van der Waals surface area contributed by atoms with Gasteiger partial charge in [-0.2, -0.15) is 0 Å². The van der Waals surface area contributed by atoms with E-state index in [4.69, 9.17) is 9.15 Å². The maximum atomic E-state index is 5.81. The molecule has 1 atom stereocenters. The normalized spacial score (nSPS) is 12.3. The molecule has 0 saturated carbocycles. The number of aromatic nitrogens is 1. The molecule has 114 valence electrons. The zero-order valence-corrected chi connectivity index (χ0v) is 13.1. The van der Waals surface area contributed by atoms with Crippen LogP contribution in [0.1, 0.15) is 45.5 Å². The Bertz CT molecular complexity index is 534. The zero-order valence-electron chi connectivity index (χ0n) is 13.1. The number of oxazole rings is 1. The smallest absolute Gasteiger partial charge is 0.211 e. The molecule has 0 bridgehead atoms. The lowest BCUT2D eigenvalue weighted by atomic mass is 10.2. The van der Waals surface area contributed by atoms with E-state index in [2.05, 4.69) is 24.1 Å². The van der Waals surface area contributed by atoms with Crippen LogP contribution in [0.25, 0.3) is 11.3 Å². The van der Waals surface area contributed by atoms with Crippen molar-refractivity contribution in [1.29, 1.82) is 0 Å². The molecule has 2 aromatic rings. The van der Waals surface area contributed by atoms with Gasteiger partial charge in [-0.1, -0.05) is 20.3 Å². The van der Waals surface area contributed by atoms with Gasteiger partial charge in [0.05, 0.1) is 18.8 Å². The van der Waals surface area contributed by atoms with Crippen LogP contribution in [0.15, 0.2) is 34.9 Å². The maximum absolute atomic E-state index is 5.81. The van der Waals surface area contributed by atoms with Crippen LogP contribution in [0.3, 0.4) is 0 Å². The molecular formula is C17H24N2O2. The van der Waals surface area contributed by atoms with Gasteiger partial charge in [0.1, 0.15) is 5.75 Å². The van der Waals surface area contributed by atoms with Crippen molar-refractivity contribution in [2.45, 2.75) is 39.7 Å². The van der Waals surface area contributed by atoms with E-state index in [9.17, 15) is 0 Å². The van der Waals surface area contributed by atoms with Crippen molar-refractivity contribution in [3.05, 3.63) is 36.4 Å². The molecule has 0 saturated heterocycles. The minimum absolute atomic E-state index is 0.125. The summed E-state index contributed by atoms with van der Waals surface area (Å²) >= 11 is 0. The Morgan fingerprint density at radius 1 is 1.24 bits per heavy atom. The first-order valence-electron chi connectivity index (χ1n) is 7.67. The molecule has 1 unspecified atom stereocenters. The fourth-order valence-corrected chi connectivity index (χ4v) is 2.06. The average molecular weight is 288 g/mol. The number of hydrogen-bond acceptors (Lipinski definition) is 4. The predicted molar refractivity (Wildman–Crippen MR) is 84.4 cm³/mol. The molecule has 0 aliphatic rings. The monoisotopic (exact) mass is 288 g/mol. The molecule has 0 radical (unpaired) electrons. The Morgan fingerprint density at radius 2 is 2.00 bits per heavy atom. The third-order valence-corrected chi connectivity index (χ3v) is 3.31. The molecule has 2 rings (SSSR count). The van der Waals surface area contributed by atoms with E-state index in [-0.39, 0.29) is 6.04 Å². The van der Waals surface area contributed by atoms with E-state index in [0.29, 0.717) is 0 Å². The van der Waals surface area contributed by atoms with E-state index in [0.717, 1.165) is 49.0 Å². The lowest BCUT2D eigenvalue weighted by molar-refractivity contribution is 0.309. The van der Waals surface area contributed by atoms with Crippen molar-refractivity contribution in [2.24, 2.45) is 0 Å². The van der Waals surface area contributed by atoms with E-state index in [1.54, 1.807) is 6.20 Å². The molecular weight excluding hydrogens is 264 g/mol. The maximum Gasteiger partial charge on any atom is 0.211 e. The van der Waals surface area contributed by atoms with Crippen LogP contribution in [-0.4, -0.2) is 18.1 Å². The molecule has 4 heteroatoms. The summed E-state index contributed by atoms with van der Waals surface area (Å²) < 4.78 is 11.5. The van der Waals surface area contributed by atoms with Gasteiger partial charge < -0.3 is 14.5 Å². The van der Waals surface area contributed by atoms with Gasteiger partial charge in [0.25, 0.3) is 0 Å².